The Kier molecular flexibility index (Phi) is 8.71. The third-order valence-electron chi connectivity index (χ3n) is 9.35. The number of hydrogen-bond acceptors (Lipinski definition) is 9. The number of aryl methyl sites for hydroxylation is 1. The molecule has 0 aliphatic carbocycles. The standard InChI is InChI=1S/C33H39N5O7S/c1-21-27-30(39)38(22-18-36(19-22)32(40)35-13-6-3-7-14-35)33(41)37(31(27)46-28(21)29-34-12-17-44-29)20-26(45-23-10-15-43-16-11-23)24-8-4-5-9-25(24)42-2/h4-5,8-9,12,17,22-23,26H,3,6-7,10-11,13-16,18-20H2,1-2H3. The Morgan fingerprint density at radius 1 is 1.09 bits per heavy atom. The van der Waals surface area contributed by atoms with Gasteiger partial charge in [-0.2, -0.15) is 0 Å². The summed E-state index contributed by atoms with van der Waals surface area (Å²) in [5, 5.41) is 0.448. The first-order valence-electron chi connectivity index (χ1n) is 16.0. The third-order valence-corrected chi connectivity index (χ3v) is 10.7. The third kappa shape index (κ3) is 5.64. The highest BCUT2D eigenvalue weighted by atomic mass is 32.1. The number of benzene rings is 1. The molecule has 0 bridgehead atoms. The van der Waals surface area contributed by atoms with Gasteiger partial charge in [0.05, 0.1) is 42.3 Å². The lowest BCUT2D eigenvalue weighted by Crippen LogP contribution is -2.60. The fraction of sp³-hybridized carbons (Fsp3) is 0.515. The van der Waals surface area contributed by atoms with E-state index < -0.39 is 17.8 Å². The van der Waals surface area contributed by atoms with E-state index in [1.165, 1.54) is 22.2 Å². The molecule has 12 nitrogen and oxygen atoms in total. The van der Waals surface area contributed by atoms with Crippen LogP contribution in [0.5, 0.6) is 5.75 Å². The number of para-hydroxylation sites is 1. The van der Waals surface area contributed by atoms with Gasteiger partial charge in [-0.3, -0.25) is 13.9 Å². The summed E-state index contributed by atoms with van der Waals surface area (Å²) >= 11 is 1.32. The average molecular weight is 650 g/mol. The van der Waals surface area contributed by atoms with Gasteiger partial charge < -0.3 is 28.4 Å². The molecule has 0 spiro atoms. The van der Waals surface area contributed by atoms with Gasteiger partial charge in [0.25, 0.3) is 5.56 Å². The number of fused-ring (bicyclic) bond motifs is 1. The lowest BCUT2D eigenvalue weighted by molar-refractivity contribution is -0.0753. The molecule has 0 radical (unpaired) electrons. The first-order valence-corrected chi connectivity index (χ1v) is 16.8. The molecule has 3 aliphatic heterocycles. The summed E-state index contributed by atoms with van der Waals surface area (Å²) in [4.78, 5) is 51.1. The zero-order chi connectivity index (χ0) is 31.8. The summed E-state index contributed by atoms with van der Waals surface area (Å²) in [6.07, 6.45) is 7.06. The van der Waals surface area contributed by atoms with Crippen molar-refractivity contribution in [2.24, 2.45) is 0 Å². The Labute approximate surface area is 270 Å². The topological polar surface area (TPSA) is 121 Å². The van der Waals surface area contributed by atoms with Crippen LogP contribution in [-0.2, 0) is 16.0 Å². The molecule has 7 rings (SSSR count). The molecular weight excluding hydrogens is 610 g/mol. The molecule has 3 aromatic heterocycles. The number of piperidine rings is 1. The second-order valence-corrected chi connectivity index (χ2v) is 13.2. The van der Waals surface area contributed by atoms with Crippen LogP contribution >= 0.6 is 11.3 Å². The van der Waals surface area contributed by atoms with E-state index in [1.807, 2.05) is 36.1 Å². The maximum Gasteiger partial charge on any atom is 0.332 e. The van der Waals surface area contributed by atoms with Crippen molar-refractivity contribution in [2.45, 2.75) is 63.8 Å². The van der Waals surface area contributed by atoms with Gasteiger partial charge >= 0.3 is 11.7 Å². The molecule has 3 fully saturated rings. The highest BCUT2D eigenvalue weighted by Gasteiger charge is 2.38. The van der Waals surface area contributed by atoms with Crippen LogP contribution in [0.15, 0.2) is 50.7 Å². The Morgan fingerprint density at radius 3 is 2.57 bits per heavy atom. The number of nitrogens with zero attached hydrogens (tertiary/aromatic N) is 5. The van der Waals surface area contributed by atoms with Crippen molar-refractivity contribution in [3.8, 4) is 16.5 Å². The summed E-state index contributed by atoms with van der Waals surface area (Å²) in [5.74, 6) is 1.05. The minimum Gasteiger partial charge on any atom is -0.496 e. The average Bonchev–Trinajstić information content (AvgIpc) is 3.72. The van der Waals surface area contributed by atoms with Crippen molar-refractivity contribution in [3.63, 3.8) is 0 Å². The predicted molar refractivity (Wildman–Crippen MR) is 173 cm³/mol. The molecule has 3 aliphatic rings. The van der Waals surface area contributed by atoms with E-state index in [0.717, 1.165) is 50.8 Å². The van der Waals surface area contributed by atoms with E-state index in [-0.39, 0.29) is 24.2 Å². The molecule has 46 heavy (non-hydrogen) atoms. The number of aromatic nitrogens is 3. The summed E-state index contributed by atoms with van der Waals surface area (Å²) in [5.41, 5.74) is 0.729. The number of likely N-dealkylation sites (tertiary alicyclic amines) is 2. The summed E-state index contributed by atoms with van der Waals surface area (Å²) in [6.45, 7) is 5.33. The molecule has 244 valence electrons. The highest BCUT2D eigenvalue weighted by Crippen LogP contribution is 2.38. The van der Waals surface area contributed by atoms with Crippen LogP contribution in [0.1, 0.15) is 55.4 Å². The number of urea groups is 1. The van der Waals surface area contributed by atoms with Gasteiger partial charge in [0.15, 0.2) is 0 Å². The Hall–Kier alpha value is -3.94. The zero-order valence-corrected chi connectivity index (χ0v) is 27.0. The molecule has 1 atom stereocenters. The van der Waals surface area contributed by atoms with E-state index in [0.29, 0.717) is 58.6 Å². The maximum absolute atomic E-state index is 14.5. The van der Waals surface area contributed by atoms with Gasteiger partial charge in [-0.1, -0.05) is 18.2 Å². The van der Waals surface area contributed by atoms with Crippen molar-refractivity contribution >= 4 is 27.6 Å². The fourth-order valence-electron chi connectivity index (χ4n) is 6.80. The first kappa shape index (κ1) is 30.7. The summed E-state index contributed by atoms with van der Waals surface area (Å²) < 4.78 is 26.7. The number of thiophene rings is 1. The lowest BCUT2D eigenvalue weighted by Gasteiger charge is -2.43. The molecule has 13 heteroatoms. The van der Waals surface area contributed by atoms with Crippen molar-refractivity contribution in [1.29, 1.82) is 0 Å². The molecular formula is C33H39N5O7S. The van der Waals surface area contributed by atoms with Crippen molar-refractivity contribution in [1.82, 2.24) is 23.9 Å². The fourth-order valence-corrected chi connectivity index (χ4v) is 8.05. The van der Waals surface area contributed by atoms with E-state index in [4.69, 9.17) is 18.6 Å². The van der Waals surface area contributed by atoms with Gasteiger partial charge in [0.1, 0.15) is 22.9 Å². The normalized spacial score (nSPS) is 18.6. The lowest BCUT2D eigenvalue weighted by atomic mass is 10.1. The number of ether oxygens (including phenoxy) is 3. The molecule has 0 saturated carbocycles. The minimum absolute atomic E-state index is 0.0237. The number of amides is 2. The van der Waals surface area contributed by atoms with Crippen LogP contribution in [0.2, 0.25) is 0 Å². The molecule has 1 unspecified atom stereocenters. The molecule has 2 amide bonds. The second kappa shape index (κ2) is 13.0. The summed E-state index contributed by atoms with van der Waals surface area (Å²) in [6, 6.07) is 7.20. The van der Waals surface area contributed by atoms with Crippen LogP contribution in [0, 0.1) is 6.92 Å². The molecule has 0 N–H and O–H groups in total. The molecule has 3 saturated heterocycles. The number of carbonyl (C=O) groups is 1. The highest BCUT2D eigenvalue weighted by molar-refractivity contribution is 7.22. The number of oxazole rings is 1. The molecule has 4 aromatic rings. The largest absolute Gasteiger partial charge is 0.496 e. The van der Waals surface area contributed by atoms with E-state index >= 15 is 0 Å². The van der Waals surface area contributed by atoms with Crippen molar-refractivity contribution < 1.29 is 23.4 Å². The minimum atomic E-state index is -0.544. The Morgan fingerprint density at radius 2 is 1.85 bits per heavy atom. The van der Waals surface area contributed by atoms with Gasteiger partial charge in [-0.15, -0.1) is 11.3 Å². The van der Waals surface area contributed by atoms with Gasteiger partial charge in [0.2, 0.25) is 5.89 Å². The Bertz CT molecular complexity index is 1810. The number of hydrogen-bond donors (Lipinski definition) is 0. The first-order chi connectivity index (χ1) is 22.4. The monoisotopic (exact) mass is 649 g/mol. The smallest absolute Gasteiger partial charge is 0.332 e. The van der Waals surface area contributed by atoms with E-state index in [2.05, 4.69) is 4.98 Å². The second-order valence-electron chi connectivity index (χ2n) is 12.2. The zero-order valence-electron chi connectivity index (χ0n) is 26.2. The van der Waals surface area contributed by atoms with Gasteiger partial charge in [-0.05, 0) is 50.7 Å². The van der Waals surface area contributed by atoms with Crippen LogP contribution in [0.25, 0.3) is 21.0 Å². The number of methoxy groups -OCH3 is 1. The number of carbonyl (C=O) groups excluding carboxylic acids is 1. The van der Waals surface area contributed by atoms with Crippen LogP contribution in [0.4, 0.5) is 4.79 Å². The molecule has 1 aromatic carbocycles. The Balaban J connectivity index is 1.31. The van der Waals surface area contributed by atoms with Crippen molar-refractivity contribution in [2.75, 3.05) is 46.5 Å². The van der Waals surface area contributed by atoms with Crippen molar-refractivity contribution in [3.05, 3.63) is 68.7 Å². The van der Waals surface area contributed by atoms with Gasteiger partial charge in [0, 0.05) is 45.0 Å². The van der Waals surface area contributed by atoms with Crippen LogP contribution < -0.4 is 16.0 Å². The predicted octanol–water partition coefficient (Wildman–Crippen LogP) is 4.60. The maximum atomic E-state index is 14.5. The van der Waals surface area contributed by atoms with E-state index in [9.17, 15) is 14.4 Å². The van der Waals surface area contributed by atoms with Crippen LogP contribution in [0.3, 0.4) is 0 Å². The summed E-state index contributed by atoms with van der Waals surface area (Å²) in [7, 11) is 1.62. The number of rotatable bonds is 8. The van der Waals surface area contributed by atoms with Gasteiger partial charge in [-0.25, -0.2) is 14.6 Å². The SMILES string of the molecule is COc1ccccc1C(Cn1c(=O)n(C2CN(C(=O)N3CCCCC3)C2)c(=O)c2c(C)c(-c3ncco3)sc21)OC1CCOCC1. The quantitative estimate of drug-likeness (QED) is 0.272. The van der Waals surface area contributed by atoms with Crippen LogP contribution in [-0.4, -0.2) is 82.6 Å². The van der Waals surface area contributed by atoms with E-state index in [1.54, 1.807) is 22.8 Å². The molecule has 6 heterocycles.